The third-order valence-electron chi connectivity index (χ3n) is 3.98. The van der Waals surface area contributed by atoms with E-state index in [0.717, 1.165) is 30.5 Å². The lowest BCUT2D eigenvalue weighted by Gasteiger charge is -2.15. The summed E-state index contributed by atoms with van der Waals surface area (Å²) in [5.41, 5.74) is 3.73. The molecular weight excluding hydrogens is 270 g/mol. The number of nitrogen functional groups attached to an aromatic ring is 1. The first-order chi connectivity index (χ1) is 10.2. The quantitative estimate of drug-likeness (QED) is 0.503. The summed E-state index contributed by atoms with van der Waals surface area (Å²) in [5.74, 6) is 5.15. The van der Waals surface area contributed by atoms with E-state index in [2.05, 4.69) is 10.3 Å². The van der Waals surface area contributed by atoms with E-state index < -0.39 is 5.91 Å². The summed E-state index contributed by atoms with van der Waals surface area (Å²) < 4.78 is 11.0. The zero-order valence-electron chi connectivity index (χ0n) is 12.0. The third-order valence-corrected chi connectivity index (χ3v) is 3.98. The van der Waals surface area contributed by atoms with Gasteiger partial charge in [-0.1, -0.05) is 18.2 Å². The van der Waals surface area contributed by atoms with Crippen molar-refractivity contribution in [3.63, 3.8) is 0 Å². The smallest absolute Gasteiger partial charge is 0.301 e. The number of hydrogen-bond acceptors (Lipinski definition) is 5. The minimum absolute atomic E-state index is 0.259. The molecule has 6 nitrogen and oxygen atoms in total. The molecule has 0 aliphatic carbocycles. The van der Waals surface area contributed by atoms with Gasteiger partial charge in [0.1, 0.15) is 5.58 Å². The number of ether oxygens (including phenoxy) is 1. The van der Waals surface area contributed by atoms with Crippen molar-refractivity contribution in [2.75, 3.05) is 20.2 Å². The first kappa shape index (κ1) is 14.1. The molecule has 2 heterocycles. The number of carbonyl (C=O) groups is 1. The second-order valence-electron chi connectivity index (χ2n) is 5.26. The Morgan fingerprint density at radius 3 is 3.05 bits per heavy atom. The molecule has 1 aliphatic rings. The number of nitrogens with two attached hydrogens (primary N) is 1. The van der Waals surface area contributed by atoms with Crippen LogP contribution in [0.5, 0.6) is 0 Å². The van der Waals surface area contributed by atoms with Crippen molar-refractivity contribution in [1.29, 1.82) is 0 Å². The number of nitrogens with zero attached hydrogens (tertiary/aromatic N) is 1. The SMILES string of the molecule is COC1CCN(Cc2c(C(=O)NN)oc3ccccc23)C1. The van der Waals surface area contributed by atoms with E-state index in [9.17, 15) is 4.79 Å². The molecule has 1 aromatic carbocycles. The number of rotatable bonds is 4. The highest BCUT2D eigenvalue weighted by molar-refractivity contribution is 5.98. The second kappa shape index (κ2) is 5.85. The first-order valence-electron chi connectivity index (χ1n) is 6.99. The molecule has 1 atom stereocenters. The van der Waals surface area contributed by atoms with Crippen molar-refractivity contribution in [3.05, 3.63) is 35.6 Å². The summed E-state index contributed by atoms with van der Waals surface area (Å²) in [4.78, 5) is 14.2. The van der Waals surface area contributed by atoms with E-state index in [1.54, 1.807) is 7.11 Å². The summed E-state index contributed by atoms with van der Waals surface area (Å²) in [7, 11) is 1.73. The van der Waals surface area contributed by atoms with Gasteiger partial charge in [0.25, 0.3) is 0 Å². The molecule has 21 heavy (non-hydrogen) atoms. The van der Waals surface area contributed by atoms with Crippen LogP contribution in [-0.4, -0.2) is 37.1 Å². The number of benzene rings is 1. The molecular formula is C15H19N3O3. The van der Waals surface area contributed by atoms with Gasteiger partial charge in [0.15, 0.2) is 5.76 Å². The number of nitrogens with one attached hydrogen (secondary N) is 1. The Bertz CT molecular complexity index is 653. The van der Waals surface area contributed by atoms with E-state index in [1.165, 1.54) is 0 Å². The fraction of sp³-hybridized carbons (Fsp3) is 0.400. The van der Waals surface area contributed by atoms with Crippen LogP contribution in [0.3, 0.4) is 0 Å². The molecule has 1 amide bonds. The molecule has 112 valence electrons. The lowest BCUT2D eigenvalue weighted by molar-refractivity contribution is 0.0924. The number of furan rings is 1. The normalized spacial score (nSPS) is 19.2. The van der Waals surface area contributed by atoms with Crippen LogP contribution in [0, 0.1) is 0 Å². The number of hydrogen-bond donors (Lipinski definition) is 2. The van der Waals surface area contributed by atoms with Crippen molar-refractivity contribution >= 4 is 16.9 Å². The van der Waals surface area contributed by atoms with Crippen LogP contribution >= 0.6 is 0 Å². The monoisotopic (exact) mass is 289 g/mol. The average Bonchev–Trinajstić information content (AvgIpc) is 3.12. The molecule has 1 unspecified atom stereocenters. The minimum atomic E-state index is -0.399. The number of hydrazine groups is 1. The van der Waals surface area contributed by atoms with E-state index in [1.807, 2.05) is 24.3 Å². The predicted molar refractivity (Wildman–Crippen MR) is 78.6 cm³/mol. The van der Waals surface area contributed by atoms with Gasteiger partial charge < -0.3 is 9.15 Å². The van der Waals surface area contributed by atoms with Crippen LogP contribution in [-0.2, 0) is 11.3 Å². The van der Waals surface area contributed by atoms with Gasteiger partial charge in [-0.05, 0) is 12.5 Å². The molecule has 0 bridgehead atoms. The third kappa shape index (κ3) is 2.65. The maximum absolute atomic E-state index is 11.9. The largest absolute Gasteiger partial charge is 0.451 e. The highest BCUT2D eigenvalue weighted by Gasteiger charge is 2.26. The van der Waals surface area contributed by atoms with Gasteiger partial charge in [-0.2, -0.15) is 0 Å². The molecule has 0 radical (unpaired) electrons. The fourth-order valence-corrected chi connectivity index (χ4v) is 2.86. The van der Waals surface area contributed by atoms with Gasteiger partial charge in [0.2, 0.25) is 0 Å². The number of para-hydroxylation sites is 1. The molecule has 1 fully saturated rings. The standard InChI is InChI=1S/C15H19N3O3/c1-20-10-6-7-18(8-10)9-12-11-4-2-3-5-13(11)21-14(12)15(19)17-16/h2-5,10H,6-9,16H2,1H3,(H,17,19). The zero-order valence-corrected chi connectivity index (χ0v) is 12.0. The molecule has 2 aromatic rings. The Morgan fingerprint density at radius 1 is 1.52 bits per heavy atom. The van der Waals surface area contributed by atoms with Crippen molar-refractivity contribution in [2.24, 2.45) is 5.84 Å². The molecule has 1 saturated heterocycles. The zero-order chi connectivity index (χ0) is 14.8. The van der Waals surface area contributed by atoms with E-state index in [4.69, 9.17) is 15.0 Å². The van der Waals surface area contributed by atoms with Gasteiger partial charge in [0, 0.05) is 37.7 Å². The fourth-order valence-electron chi connectivity index (χ4n) is 2.86. The highest BCUT2D eigenvalue weighted by atomic mass is 16.5. The molecule has 0 spiro atoms. The van der Waals surface area contributed by atoms with E-state index in [-0.39, 0.29) is 6.10 Å². The second-order valence-corrected chi connectivity index (χ2v) is 5.26. The summed E-state index contributed by atoms with van der Waals surface area (Å²) in [6.45, 7) is 2.46. The minimum Gasteiger partial charge on any atom is -0.451 e. The van der Waals surface area contributed by atoms with Crippen LogP contribution < -0.4 is 11.3 Å². The number of likely N-dealkylation sites (tertiary alicyclic amines) is 1. The van der Waals surface area contributed by atoms with Crippen molar-refractivity contribution in [1.82, 2.24) is 10.3 Å². The average molecular weight is 289 g/mol. The van der Waals surface area contributed by atoms with Gasteiger partial charge in [0.05, 0.1) is 6.10 Å². The van der Waals surface area contributed by atoms with Crippen LogP contribution in [0.4, 0.5) is 0 Å². The Hall–Kier alpha value is -1.89. The van der Waals surface area contributed by atoms with Crippen LogP contribution in [0.2, 0.25) is 0 Å². The Balaban J connectivity index is 1.94. The maximum atomic E-state index is 11.9. The van der Waals surface area contributed by atoms with Gasteiger partial charge >= 0.3 is 5.91 Å². The molecule has 1 aromatic heterocycles. The van der Waals surface area contributed by atoms with Crippen molar-refractivity contribution in [2.45, 2.75) is 19.1 Å². The summed E-state index contributed by atoms with van der Waals surface area (Å²) in [6, 6.07) is 7.64. The lowest BCUT2D eigenvalue weighted by atomic mass is 10.1. The number of fused-ring (bicyclic) bond motifs is 1. The van der Waals surface area contributed by atoms with E-state index in [0.29, 0.717) is 17.9 Å². The first-order valence-corrected chi connectivity index (χ1v) is 6.99. The predicted octanol–water partition coefficient (Wildman–Crippen LogP) is 1.26. The maximum Gasteiger partial charge on any atom is 0.301 e. The van der Waals surface area contributed by atoms with E-state index >= 15 is 0 Å². The molecule has 3 rings (SSSR count). The number of methoxy groups -OCH3 is 1. The number of amides is 1. The summed E-state index contributed by atoms with van der Waals surface area (Å²) in [6.07, 6.45) is 1.26. The molecule has 6 heteroatoms. The summed E-state index contributed by atoms with van der Waals surface area (Å²) >= 11 is 0. The lowest BCUT2D eigenvalue weighted by Crippen LogP contribution is -2.31. The highest BCUT2D eigenvalue weighted by Crippen LogP contribution is 2.28. The van der Waals surface area contributed by atoms with Gasteiger partial charge in [-0.15, -0.1) is 0 Å². The molecule has 3 N–H and O–H groups in total. The van der Waals surface area contributed by atoms with Crippen LogP contribution in [0.1, 0.15) is 22.5 Å². The molecule has 0 saturated carbocycles. The Kier molecular flexibility index (Phi) is 3.92. The van der Waals surface area contributed by atoms with Crippen molar-refractivity contribution < 1.29 is 13.9 Å². The van der Waals surface area contributed by atoms with Crippen LogP contribution in [0.25, 0.3) is 11.0 Å². The Labute approximate surface area is 122 Å². The van der Waals surface area contributed by atoms with Crippen molar-refractivity contribution in [3.8, 4) is 0 Å². The Morgan fingerprint density at radius 2 is 2.33 bits per heavy atom. The van der Waals surface area contributed by atoms with Gasteiger partial charge in [-0.3, -0.25) is 15.1 Å². The van der Waals surface area contributed by atoms with Crippen LogP contribution in [0.15, 0.2) is 28.7 Å². The molecule has 1 aliphatic heterocycles. The topological polar surface area (TPSA) is 80.7 Å². The summed E-state index contributed by atoms with van der Waals surface area (Å²) in [5, 5.41) is 0.956. The van der Waals surface area contributed by atoms with Gasteiger partial charge in [-0.25, -0.2) is 5.84 Å². The number of carbonyl (C=O) groups excluding carboxylic acids is 1.